The minimum atomic E-state index is -0.262. The van der Waals surface area contributed by atoms with Crippen molar-refractivity contribution in [2.24, 2.45) is 5.92 Å². The van der Waals surface area contributed by atoms with Crippen molar-refractivity contribution < 1.29 is 19.1 Å². The van der Waals surface area contributed by atoms with E-state index in [4.69, 9.17) is 9.47 Å². The SMILES string of the molecule is COc1ccc2ccccc2c1C(=O)C1CC2CCCC(C1)N2C(=O)OCc1ccccc1. The smallest absolute Gasteiger partial charge is 0.410 e. The van der Waals surface area contributed by atoms with Gasteiger partial charge >= 0.3 is 6.09 Å². The van der Waals surface area contributed by atoms with Gasteiger partial charge in [-0.3, -0.25) is 4.79 Å². The normalized spacial score (nSPS) is 22.1. The van der Waals surface area contributed by atoms with Crippen molar-refractivity contribution >= 4 is 22.6 Å². The third-order valence-corrected chi connectivity index (χ3v) is 7.12. The molecule has 2 unspecified atom stereocenters. The molecule has 5 heteroatoms. The highest BCUT2D eigenvalue weighted by atomic mass is 16.6. The fourth-order valence-electron chi connectivity index (χ4n) is 5.57. The number of carbonyl (C=O) groups is 2. The van der Waals surface area contributed by atoms with Crippen molar-refractivity contribution in [3.05, 3.63) is 77.9 Å². The molecule has 2 fully saturated rings. The van der Waals surface area contributed by atoms with Gasteiger partial charge in [-0.2, -0.15) is 0 Å². The summed E-state index contributed by atoms with van der Waals surface area (Å²) < 4.78 is 11.2. The van der Waals surface area contributed by atoms with Gasteiger partial charge in [-0.25, -0.2) is 4.79 Å². The summed E-state index contributed by atoms with van der Waals surface area (Å²) in [5.74, 6) is 0.615. The number of ether oxygens (including phenoxy) is 2. The summed E-state index contributed by atoms with van der Waals surface area (Å²) in [6.45, 7) is 0.269. The van der Waals surface area contributed by atoms with Gasteiger partial charge in [0.15, 0.2) is 5.78 Å². The molecule has 33 heavy (non-hydrogen) atoms. The number of methoxy groups -OCH3 is 1. The average molecular weight is 444 g/mol. The van der Waals surface area contributed by atoms with E-state index in [1.165, 1.54) is 0 Å². The number of Topliss-reactive ketones (excluding diaryl/α,β-unsaturated/α-hetero) is 1. The van der Waals surface area contributed by atoms with Crippen molar-refractivity contribution in [2.45, 2.75) is 50.8 Å². The summed E-state index contributed by atoms with van der Waals surface area (Å²) in [5.41, 5.74) is 1.64. The Morgan fingerprint density at radius 2 is 1.61 bits per heavy atom. The maximum atomic E-state index is 13.8. The van der Waals surface area contributed by atoms with Gasteiger partial charge in [0.05, 0.1) is 12.7 Å². The van der Waals surface area contributed by atoms with Crippen LogP contribution in [0.15, 0.2) is 66.7 Å². The van der Waals surface area contributed by atoms with Gasteiger partial charge in [0, 0.05) is 18.0 Å². The molecule has 0 aromatic heterocycles. The van der Waals surface area contributed by atoms with Crippen molar-refractivity contribution in [3.63, 3.8) is 0 Å². The first-order chi connectivity index (χ1) is 16.2. The molecule has 2 saturated heterocycles. The van der Waals surface area contributed by atoms with Gasteiger partial charge in [0.25, 0.3) is 0 Å². The first-order valence-corrected chi connectivity index (χ1v) is 11.7. The first kappa shape index (κ1) is 21.5. The second-order valence-corrected chi connectivity index (χ2v) is 9.08. The summed E-state index contributed by atoms with van der Waals surface area (Å²) in [5, 5.41) is 1.96. The van der Waals surface area contributed by atoms with Crippen LogP contribution in [0.3, 0.4) is 0 Å². The van der Waals surface area contributed by atoms with Crippen LogP contribution in [0, 0.1) is 5.92 Å². The number of nitrogens with zero attached hydrogens (tertiary/aromatic N) is 1. The van der Waals surface area contributed by atoms with E-state index in [-0.39, 0.29) is 36.5 Å². The molecule has 0 N–H and O–H groups in total. The first-order valence-electron chi connectivity index (χ1n) is 11.7. The van der Waals surface area contributed by atoms with E-state index in [1.54, 1.807) is 7.11 Å². The summed E-state index contributed by atoms with van der Waals surface area (Å²) in [4.78, 5) is 28.7. The van der Waals surface area contributed by atoms with E-state index < -0.39 is 0 Å². The van der Waals surface area contributed by atoms with Crippen molar-refractivity contribution in [1.29, 1.82) is 0 Å². The Kier molecular flexibility index (Phi) is 6.03. The maximum absolute atomic E-state index is 13.8. The van der Waals surface area contributed by atoms with Crippen molar-refractivity contribution in [2.75, 3.05) is 7.11 Å². The molecule has 0 aliphatic carbocycles. The Morgan fingerprint density at radius 1 is 0.909 bits per heavy atom. The predicted molar refractivity (Wildman–Crippen MR) is 127 cm³/mol. The molecule has 2 atom stereocenters. The second kappa shape index (κ2) is 9.26. The molecule has 2 aliphatic heterocycles. The summed E-state index contributed by atoms with van der Waals surface area (Å²) in [7, 11) is 1.61. The minimum Gasteiger partial charge on any atom is -0.496 e. The number of amides is 1. The number of carbonyl (C=O) groups excluding carboxylic acids is 2. The molecule has 2 heterocycles. The van der Waals surface area contributed by atoms with Gasteiger partial charge < -0.3 is 14.4 Å². The number of hydrogen-bond donors (Lipinski definition) is 0. The number of hydrogen-bond acceptors (Lipinski definition) is 4. The van der Waals surface area contributed by atoms with Crippen LogP contribution in [0.4, 0.5) is 4.79 Å². The Balaban J connectivity index is 1.35. The Morgan fingerprint density at radius 3 is 2.33 bits per heavy atom. The van der Waals surface area contributed by atoms with Gasteiger partial charge in [0.2, 0.25) is 0 Å². The number of benzene rings is 3. The molecule has 5 nitrogen and oxygen atoms in total. The molecule has 2 bridgehead atoms. The lowest BCUT2D eigenvalue weighted by molar-refractivity contribution is 0.00470. The number of rotatable bonds is 5. The van der Waals surface area contributed by atoms with Crippen LogP contribution in [0.1, 0.15) is 48.0 Å². The third kappa shape index (κ3) is 4.20. The van der Waals surface area contributed by atoms with Crippen LogP contribution in [-0.2, 0) is 11.3 Å². The Bertz CT molecular complexity index is 1150. The highest BCUT2D eigenvalue weighted by Gasteiger charge is 2.44. The number of ketones is 1. The van der Waals surface area contributed by atoms with Crippen LogP contribution in [0.25, 0.3) is 10.8 Å². The van der Waals surface area contributed by atoms with Gasteiger partial charge in [-0.15, -0.1) is 0 Å². The molecule has 170 valence electrons. The molecule has 5 rings (SSSR count). The lowest BCUT2D eigenvalue weighted by Gasteiger charge is -2.47. The quantitative estimate of drug-likeness (QED) is 0.454. The van der Waals surface area contributed by atoms with Gasteiger partial charge in [-0.05, 0) is 54.5 Å². The van der Waals surface area contributed by atoms with E-state index in [9.17, 15) is 9.59 Å². The molecular weight excluding hydrogens is 414 g/mol. The highest BCUT2D eigenvalue weighted by molar-refractivity contribution is 6.11. The molecule has 1 amide bonds. The fourth-order valence-corrected chi connectivity index (χ4v) is 5.57. The van der Waals surface area contributed by atoms with E-state index in [1.807, 2.05) is 71.6 Å². The highest BCUT2D eigenvalue weighted by Crippen LogP contribution is 2.41. The summed E-state index contributed by atoms with van der Waals surface area (Å²) >= 11 is 0. The average Bonchev–Trinajstić information content (AvgIpc) is 2.86. The number of fused-ring (bicyclic) bond motifs is 3. The van der Waals surface area contributed by atoms with Crippen LogP contribution in [-0.4, -0.2) is 36.0 Å². The number of piperidine rings is 2. The molecule has 3 aromatic carbocycles. The van der Waals surface area contributed by atoms with E-state index in [0.29, 0.717) is 24.2 Å². The van der Waals surface area contributed by atoms with E-state index >= 15 is 0 Å². The van der Waals surface area contributed by atoms with Gasteiger partial charge in [0.1, 0.15) is 12.4 Å². The lowest BCUT2D eigenvalue weighted by atomic mass is 9.75. The predicted octanol–water partition coefficient (Wildman–Crippen LogP) is 6.00. The minimum absolute atomic E-state index is 0.0377. The largest absolute Gasteiger partial charge is 0.496 e. The third-order valence-electron chi connectivity index (χ3n) is 7.12. The van der Waals surface area contributed by atoms with Crippen LogP contribution in [0.5, 0.6) is 5.75 Å². The van der Waals surface area contributed by atoms with Crippen LogP contribution >= 0.6 is 0 Å². The standard InChI is InChI=1S/C28H29NO4/c1-32-25-15-14-20-10-5-6-13-24(20)26(25)27(30)21-16-22-11-7-12-23(17-21)29(22)28(31)33-18-19-8-3-2-4-9-19/h2-6,8-10,13-15,21-23H,7,11-12,16-18H2,1H3. The van der Waals surface area contributed by atoms with Crippen molar-refractivity contribution in [1.82, 2.24) is 4.90 Å². The fraction of sp³-hybridized carbons (Fsp3) is 0.357. The Hall–Kier alpha value is -3.34. The van der Waals surface area contributed by atoms with Crippen molar-refractivity contribution in [3.8, 4) is 5.75 Å². The topological polar surface area (TPSA) is 55.8 Å². The molecule has 3 aromatic rings. The molecule has 0 radical (unpaired) electrons. The van der Waals surface area contributed by atoms with Gasteiger partial charge in [-0.1, -0.05) is 60.7 Å². The summed E-state index contributed by atoms with van der Waals surface area (Å²) in [6.07, 6.45) is 3.98. The summed E-state index contributed by atoms with van der Waals surface area (Å²) in [6, 6.07) is 21.6. The van der Waals surface area contributed by atoms with Crippen LogP contribution < -0.4 is 4.74 Å². The maximum Gasteiger partial charge on any atom is 0.410 e. The molecule has 0 spiro atoms. The zero-order valence-electron chi connectivity index (χ0n) is 18.9. The molecular formula is C28H29NO4. The zero-order valence-corrected chi connectivity index (χ0v) is 18.9. The Labute approximate surface area is 194 Å². The van der Waals surface area contributed by atoms with E-state index in [0.717, 1.165) is 35.6 Å². The second-order valence-electron chi connectivity index (χ2n) is 9.08. The lowest BCUT2D eigenvalue weighted by Crippen LogP contribution is -2.55. The zero-order chi connectivity index (χ0) is 22.8. The molecule has 2 aliphatic rings. The van der Waals surface area contributed by atoms with Crippen LogP contribution in [0.2, 0.25) is 0 Å². The molecule has 0 saturated carbocycles. The monoisotopic (exact) mass is 443 g/mol. The van der Waals surface area contributed by atoms with E-state index in [2.05, 4.69) is 0 Å².